The second kappa shape index (κ2) is 1.76. The van der Waals surface area contributed by atoms with Crippen LogP contribution in [0.25, 0.3) is 11.2 Å². The molecule has 0 aromatic carbocycles. The maximum Gasteiger partial charge on any atom is 0.280 e. The number of quaternary nitrogens is 2. The standard InChI is InChI=1S/C6H4N2O4/c9-7-5-3-1-2-4(11-3)6(5)8(10)12-7/h1-2,7-8H. The Morgan fingerprint density at radius 3 is 2.00 bits per heavy atom. The summed E-state index contributed by atoms with van der Waals surface area (Å²) in [5, 5.41) is 20.8. The molecule has 1 aliphatic heterocycles. The van der Waals surface area contributed by atoms with E-state index < -0.39 is 10.5 Å². The zero-order valence-corrected chi connectivity index (χ0v) is 5.79. The highest BCUT2D eigenvalue weighted by atomic mass is 17.1. The smallest absolute Gasteiger partial charge is 0.280 e. The van der Waals surface area contributed by atoms with Gasteiger partial charge >= 0.3 is 0 Å². The van der Waals surface area contributed by atoms with E-state index in [2.05, 4.69) is 4.94 Å². The van der Waals surface area contributed by atoms with E-state index in [-0.39, 0.29) is 11.4 Å². The molecule has 62 valence electrons. The van der Waals surface area contributed by atoms with Gasteiger partial charge < -0.3 is 14.8 Å². The minimum absolute atomic E-state index is 0.275. The van der Waals surface area contributed by atoms with Gasteiger partial charge in [-0.2, -0.15) is 0 Å². The number of furan rings is 2. The fourth-order valence-electron chi connectivity index (χ4n) is 1.44. The van der Waals surface area contributed by atoms with Gasteiger partial charge in [0.05, 0.1) is 0 Å². The van der Waals surface area contributed by atoms with Crippen molar-refractivity contribution in [2.75, 3.05) is 0 Å². The summed E-state index contributed by atoms with van der Waals surface area (Å²) in [6.45, 7) is 0. The van der Waals surface area contributed by atoms with Crippen molar-refractivity contribution in [2.24, 2.45) is 0 Å². The Hall–Kier alpha value is -1.18. The highest BCUT2D eigenvalue weighted by molar-refractivity contribution is 5.87. The number of hydrogen-bond acceptors (Lipinski definition) is 4. The van der Waals surface area contributed by atoms with Gasteiger partial charge in [-0.25, -0.2) is 0 Å². The molecule has 2 atom stereocenters. The van der Waals surface area contributed by atoms with E-state index in [0.29, 0.717) is 11.2 Å². The fraction of sp³-hybridized carbons (Fsp3) is 0. The van der Waals surface area contributed by atoms with Crippen LogP contribution in [0.4, 0.5) is 11.4 Å². The minimum Gasteiger partial charge on any atom is -0.590 e. The van der Waals surface area contributed by atoms with Crippen molar-refractivity contribution < 1.29 is 19.8 Å². The average Bonchev–Trinajstić information content (AvgIpc) is 2.64. The predicted octanol–water partition coefficient (Wildman–Crippen LogP) is -1.24. The van der Waals surface area contributed by atoms with Crippen molar-refractivity contribution >= 4 is 22.5 Å². The maximum absolute atomic E-state index is 11.0. The number of rotatable bonds is 0. The van der Waals surface area contributed by atoms with Gasteiger partial charge in [0.1, 0.15) is 0 Å². The largest absolute Gasteiger partial charge is 0.590 e. The first kappa shape index (κ1) is 6.35. The van der Waals surface area contributed by atoms with Crippen molar-refractivity contribution in [3.05, 3.63) is 22.5 Å². The number of benzene rings is 1. The molecule has 1 aliphatic rings. The van der Waals surface area contributed by atoms with Crippen molar-refractivity contribution in [3.8, 4) is 0 Å². The van der Waals surface area contributed by atoms with Crippen LogP contribution in [0.15, 0.2) is 16.5 Å². The minimum atomic E-state index is -0.607. The molecule has 2 N–H and O–H groups in total. The highest BCUT2D eigenvalue weighted by Gasteiger charge is 2.38. The van der Waals surface area contributed by atoms with E-state index in [0.717, 1.165) is 0 Å². The monoisotopic (exact) mass is 168 g/mol. The predicted molar refractivity (Wildman–Crippen MR) is 36.5 cm³/mol. The Labute approximate surface area is 65.9 Å². The van der Waals surface area contributed by atoms with Gasteiger partial charge in [0, 0.05) is 4.94 Å². The van der Waals surface area contributed by atoms with Gasteiger partial charge in [-0.1, -0.05) is 0 Å². The van der Waals surface area contributed by atoms with Crippen LogP contribution in [-0.4, -0.2) is 0 Å². The molecule has 3 heterocycles. The zero-order valence-electron chi connectivity index (χ0n) is 5.79. The van der Waals surface area contributed by atoms with Crippen LogP contribution < -0.4 is 10.5 Å². The van der Waals surface area contributed by atoms with Crippen LogP contribution in [0, 0.1) is 10.4 Å². The van der Waals surface area contributed by atoms with Crippen LogP contribution in [0.2, 0.25) is 0 Å². The summed E-state index contributed by atoms with van der Waals surface area (Å²) in [7, 11) is 0. The maximum atomic E-state index is 11.0. The normalized spacial score (nSPS) is 28.5. The first-order chi connectivity index (χ1) is 5.77. The molecule has 0 radical (unpaired) electrons. The number of fused-ring (bicyclic) bond motifs is 5. The lowest BCUT2D eigenvalue weighted by Gasteiger charge is -2.11. The molecule has 2 aromatic rings. The summed E-state index contributed by atoms with van der Waals surface area (Å²) in [5.41, 5.74) is 1.40. The van der Waals surface area contributed by atoms with Crippen molar-refractivity contribution in [3.63, 3.8) is 0 Å². The van der Waals surface area contributed by atoms with E-state index in [9.17, 15) is 10.4 Å². The van der Waals surface area contributed by atoms with Crippen molar-refractivity contribution in [2.45, 2.75) is 0 Å². The SMILES string of the molecule is [O-][NH+]1O[NH+]([O-])c2c1c1ccc2o1. The molecule has 0 saturated heterocycles. The quantitative estimate of drug-likeness (QED) is 0.482. The van der Waals surface area contributed by atoms with Gasteiger partial charge in [0.25, 0.3) is 11.4 Å². The summed E-state index contributed by atoms with van der Waals surface area (Å²) in [6.07, 6.45) is 0. The fourth-order valence-corrected chi connectivity index (χ4v) is 1.44. The van der Waals surface area contributed by atoms with Crippen LogP contribution >= 0.6 is 0 Å². The molecule has 0 fully saturated rings. The Kier molecular flexibility index (Phi) is 0.932. The molecule has 3 rings (SSSR count). The molecule has 0 aliphatic carbocycles. The molecule has 2 bridgehead atoms. The summed E-state index contributed by atoms with van der Waals surface area (Å²) in [6, 6.07) is 3.29. The van der Waals surface area contributed by atoms with E-state index >= 15 is 0 Å². The lowest BCUT2D eigenvalue weighted by molar-refractivity contribution is -1.24. The van der Waals surface area contributed by atoms with Crippen molar-refractivity contribution in [1.82, 2.24) is 0 Å². The Balaban J connectivity index is 2.39. The van der Waals surface area contributed by atoms with Gasteiger partial charge in [-0.3, -0.25) is 0 Å². The molecular weight excluding hydrogens is 164 g/mol. The Morgan fingerprint density at radius 1 is 1.00 bits per heavy atom. The van der Waals surface area contributed by atoms with Crippen LogP contribution in [0.1, 0.15) is 0 Å². The van der Waals surface area contributed by atoms with Crippen LogP contribution in [-0.2, 0) is 4.94 Å². The van der Waals surface area contributed by atoms with Crippen LogP contribution in [0.5, 0.6) is 0 Å². The molecule has 6 heteroatoms. The Morgan fingerprint density at radius 2 is 1.50 bits per heavy atom. The topological polar surface area (TPSA) is 77.4 Å². The van der Waals surface area contributed by atoms with E-state index in [4.69, 9.17) is 4.42 Å². The molecule has 0 amide bonds. The second-order valence-electron chi connectivity index (χ2n) is 2.59. The molecule has 12 heavy (non-hydrogen) atoms. The van der Waals surface area contributed by atoms with E-state index in [1.165, 1.54) is 0 Å². The molecule has 0 spiro atoms. The third kappa shape index (κ3) is 0.533. The average molecular weight is 168 g/mol. The third-order valence-corrected chi connectivity index (χ3v) is 1.94. The first-order valence-corrected chi connectivity index (χ1v) is 3.39. The van der Waals surface area contributed by atoms with Crippen molar-refractivity contribution in [1.29, 1.82) is 0 Å². The van der Waals surface area contributed by atoms with E-state index in [1.54, 1.807) is 12.1 Å². The van der Waals surface area contributed by atoms with Gasteiger partial charge in [0.2, 0.25) is 0 Å². The summed E-state index contributed by atoms with van der Waals surface area (Å²) in [5.74, 6) is 0. The Bertz CT molecular complexity index is 388. The number of hydrogen-bond donors (Lipinski definition) is 2. The zero-order chi connectivity index (χ0) is 8.29. The highest BCUT2D eigenvalue weighted by Crippen LogP contribution is 2.33. The molecule has 2 unspecified atom stereocenters. The van der Waals surface area contributed by atoms with Crippen LogP contribution in [0.3, 0.4) is 0 Å². The summed E-state index contributed by atoms with van der Waals surface area (Å²) in [4.78, 5) is 4.40. The lowest BCUT2D eigenvalue weighted by Crippen LogP contribution is -3.15. The first-order valence-electron chi connectivity index (χ1n) is 3.39. The summed E-state index contributed by atoms with van der Waals surface area (Å²) >= 11 is 0. The number of nitrogens with one attached hydrogen (secondary N) is 2. The molecular formula is C6H4N2O4. The molecule has 6 nitrogen and oxygen atoms in total. The van der Waals surface area contributed by atoms with Gasteiger partial charge in [0.15, 0.2) is 11.2 Å². The van der Waals surface area contributed by atoms with Gasteiger partial charge in [-0.05, 0) is 12.1 Å². The molecule has 0 saturated carbocycles. The summed E-state index contributed by atoms with van der Waals surface area (Å²) < 4.78 is 5.11. The second-order valence-corrected chi connectivity index (χ2v) is 2.59. The molecule has 2 aromatic heterocycles. The van der Waals surface area contributed by atoms with Gasteiger partial charge in [-0.15, -0.1) is 10.5 Å². The lowest BCUT2D eigenvalue weighted by atomic mass is 10.3. The van der Waals surface area contributed by atoms with E-state index in [1.807, 2.05) is 0 Å². The third-order valence-electron chi connectivity index (χ3n) is 1.94.